The monoisotopic (exact) mass is 282 g/mol. The van der Waals surface area contributed by atoms with Crippen molar-refractivity contribution in [2.24, 2.45) is 5.92 Å². The minimum atomic E-state index is -0.227. The lowest BCUT2D eigenvalue weighted by atomic mass is 9.75. The van der Waals surface area contributed by atoms with E-state index in [1.54, 1.807) is 12.1 Å². The van der Waals surface area contributed by atoms with E-state index in [0.717, 1.165) is 18.4 Å². The number of carbonyl (C=O) groups is 1. The predicted octanol–water partition coefficient (Wildman–Crippen LogP) is 4.52. The molecule has 0 spiro atoms. The number of carbonyl (C=O) groups excluding carboxylic acids is 1. The molecular weight excluding hydrogens is 263 g/mol. The van der Waals surface area contributed by atoms with Crippen molar-refractivity contribution in [2.75, 3.05) is 0 Å². The second-order valence-corrected chi connectivity index (χ2v) is 5.88. The van der Waals surface area contributed by atoms with Crippen LogP contribution in [0.2, 0.25) is 0 Å². The van der Waals surface area contributed by atoms with Crippen molar-refractivity contribution in [1.82, 2.24) is 0 Å². The molecule has 0 aliphatic heterocycles. The highest BCUT2D eigenvalue weighted by atomic mass is 19.1. The summed E-state index contributed by atoms with van der Waals surface area (Å²) in [7, 11) is 0. The lowest BCUT2D eigenvalue weighted by Gasteiger charge is -2.28. The molecule has 0 saturated heterocycles. The standard InChI is InChI=1S/C19H19FO/c20-18-8-4-5-14(12-18)11-17-13-16(9-10-19(17)21)15-6-2-1-3-7-15/h1-8,12,16-17H,9-11,13H2. The molecule has 2 aromatic carbocycles. The van der Waals surface area contributed by atoms with Crippen molar-refractivity contribution in [2.45, 2.75) is 31.6 Å². The molecule has 2 aromatic rings. The van der Waals surface area contributed by atoms with E-state index in [4.69, 9.17) is 0 Å². The molecule has 0 aromatic heterocycles. The maximum absolute atomic E-state index is 13.3. The van der Waals surface area contributed by atoms with Gasteiger partial charge in [0, 0.05) is 12.3 Å². The molecule has 21 heavy (non-hydrogen) atoms. The first kappa shape index (κ1) is 14.0. The van der Waals surface area contributed by atoms with Gasteiger partial charge in [0.2, 0.25) is 0 Å². The molecule has 2 atom stereocenters. The van der Waals surface area contributed by atoms with Gasteiger partial charge in [0.25, 0.3) is 0 Å². The molecule has 2 unspecified atom stereocenters. The van der Waals surface area contributed by atoms with E-state index in [-0.39, 0.29) is 11.7 Å². The second-order valence-electron chi connectivity index (χ2n) is 5.88. The zero-order chi connectivity index (χ0) is 14.7. The Hall–Kier alpha value is -1.96. The van der Waals surface area contributed by atoms with Crippen LogP contribution in [0, 0.1) is 11.7 Å². The minimum Gasteiger partial charge on any atom is -0.299 e. The Labute approximate surface area is 124 Å². The molecule has 0 N–H and O–H groups in total. The summed E-state index contributed by atoms with van der Waals surface area (Å²) < 4.78 is 13.3. The van der Waals surface area contributed by atoms with Crippen LogP contribution in [0.25, 0.3) is 0 Å². The molecule has 1 fully saturated rings. The highest BCUT2D eigenvalue weighted by Crippen LogP contribution is 2.35. The van der Waals surface area contributed by atoms with Crippen LogP contribution < -0.4 is 0 Å². The zero-order valence-corrected chi connectivity index (χ0v) is 12.0. The van der Waals surface area contributed by atoms with E-state index in [9.17, 15) is 9.18 Å². The maximum atomic E-state index is 13.3. The summed E-state index contributed by atoms with van der Waals surface area (Å²) >= 11 is 0. The number of rotatable bonds is 3. The van der Waals surface area contributed by atoms with E-state index in [1.165, 1.54) is 11.6 Å². The normalized spacial score (nSPS) is 22.2. The lowest BCUT2D eigenvalue weighted by molar-refractivity contribution is -0.124. The summed E-state index contributed by atoms with van der Waals surface area (Å²) in [5, 5.41) is 0. The van der Waals surface area contributed by atoms with Crippen LogP contribution >= 0.6 is 0 Å². The Kier molecular flexibility index (Phi) is 4.14. The smallest absolute Gasteiger partial charge is 0.136 e. The third kappa shape index (κ3) is 3.38. The predicted molar refractivity (Wildman–Crippen MR) is 81.6 cm³/mol. The summed E-state index contributed by atoms with van der Waals surface area (Å²) in [5.74, 6) is 0.565. The van der Waals surface area contributed by atoms with Crippen molar-refractivity contribution in [3.8, 4) is 0 Å². The Bertz CT molecular complexity index is 620. The fourth-order valence-electron chi connectivity index (χ4n) is 3.29. The van der Waals surface area contributed by atoms with Crippen LogP contribution in [-0.2, 0) is 11.2 Å². The number of Topliss-reactive ketones (excluding diaryl/α,β-unsaturated/α-hetero) is 1. The van der Waals surface area contributed by atoms with Crippen LogP contribution in [-0.4, -0.2) is 5.78 Å². The van der Waals surface area contributed by atoms with Crippen molar-refractivity contribution >= 4 is 5.78 Å². The molecule has 0 heterocycles. The average molecular weight is 282 g/mol. The molecule has 3 rings (SSSR count). The van der Waals surface area contributed by atoms with Gasteiger partial charge in [-0.25, -0.2) is 4.39 Å². The fraction of sp³-hybridized carbons (Fsp3) is 0.316. The van der Waals surface area contributed by atoms with Gasteiger partial charge in [0.15, 0.2) is 0 Å². The second kappa shape index (κ2) is 6.21. The van der Waals surface area contributed by atoms with Crippen molar-refractivity contribution in [3.63, 3.8) is 0 Å². The topological polar surface area (TPSA) is 17.1 Å². The highest BCUT2D eigenvalue weighted by Gasteiger charge is 2.29. The van der Waals surface area contributed by atoms with Gasteiger partial charge in [-0.1, -0.05) is 42.5 Å². The van der Waals surface area contributed by atoms with Crippen molar-refractivity contribution < 1.29 is 9.18 Å². The molecule has 0 radical (unpaired) electrons. The van der Waals surface area contributed by atoms with Gasteiger partial charge in [0.1, 0.15) is 11.6 Å². The van der Waals surface area contributed by atoms with Gasteiger partial charge in [-0.05, 0) is 48.4 Å². The molecule has 1 aliphatic carbocycles. The van der Waals surface area contributed by atoms with Crippen LogP contribution in [0.4, 0.5) is 4.39 Å². The average Bonchev–Trinajstić information content (AvgIpc) is 2.50. The highest BCUT2D eigenvalue weighted by molar-refractivity contribution is 5.82. The van der Waals surface area contributed by atoms with E-state index in [0.29, 0.717) is 24.5 Å². The minimum absolute atomic E-state index is 0.0192. The zero-order valence-electron chi connectivity index (χ0n) is 12.0. The third-order valence-corrected chi connectivity index (χ3v) is 4.41. The Morgan fingerprint density at radius 3 is 2.62 bits per heavy atom. The van der Waals surface area contributed by atoms with Gasteiger partial charge < -0.3 is 0 Å². The van der Waals surface area contributed by atoms with Crippen LogP contribution in [0.1, 0.15) is 36.3 Å². The first-order chi connectivity index (χ1) is 10.2. The molecule has 2 heteroatoms. The molecule has 108 valence electrons. The molecule has 1 saturated carbocycles. The van der Waals surface area contributed by atoms with Gasteiger partial charge >= 0.3 is 0 Å². The number of halogens is 1. The molecule has 1 nitrogen and oxygen atoms in total. The Balaban J connectivity index is 1.73. The first-order valence-electron chi connectivity index (χ1n) is 7.54. The summed E-state index contributed by atoms with van der Waals surface area (Å²) in [5.41, 5.74) is 2.23. The number of hydrogen-bond donors (Lipinski definition) is 0. The first-order valence-corrected chi connectivity index (χ1v) is 7.54. The van der Waals surface area contributed by atoms with E-state index in [1.807, 2.05) is 24.3 Å². The number of ketones is 1. The summed E-state index contributed by atoms with van der Waals surface area (Å²) in [4.78, 5) is 12.2. The lowest BCUT2D eigenvalue weighted by Crippen LogP contribution is -2.25. The van der Waals surface area contributed by atoms with Gasteiger partial charge in [-0.3, -0.25) is 4.79 Å². The molecule has 0 bridgehead atoms. The van der Waals surface area contributed by atoms with Crippen LogP contribution in [0.15, 0.2) is 54.6 Å². The van der Waals surface area contributed by atoms with Crippen molar-refractivity contribution in [1.29, 1.82) is 0 Å². The van der Waals surface area contributed by atoms with Gasteiger partial charge in [-0.2, -0.15) is 0 Å². The van der Waals surface area contributed by atoms with E-state index < -0.39 is 0 Å². The van der Waals surface area contributed by atoms with Crippen LogP contribution in [0.3, 0.4) is 0 Å². The Morgan fingerprint density at radius 2 is 1.86 bits per heavy atom. The van der Waals surface area contributed by atoms with Gasteiger partial charge in [-0.15, -0.1) is 0 Å². The summed E-state index contributed by atoms with van der Waals surface area (Å²) in [6, 6.07) is 17.0. The van der Waals surface area contributed by atoms with E-state index >= 15 is 0 Å². The van der Waals surface area contributed by atoms with Gasteiger partial charge in [0.05, 0.1) is 0 Å². The van der Waals surface area contributed by atoms with E-state index in [2.05, 4.69) is 12.1 Å². The SMILES string of the molecule is O=C1CCC(c2ccccc2)CC1Cc1cccc(F)c1. The summed E-state index contributed by atoms with van der Waals surface area (Å²) in [6.07, 6.45) is 3.10. The molecule has 0 amide bonds. The van der Waals surface area contributed by atoms with Crippen molar-refractivity contribution in [3.05, 3.63) is 71.5 Å². The maximum Gasteiger partial charge on any atom is 0.136 e. The molecule has 1 aliphatic rings. The number of hydrogen-bond acceptors (Lipinski definition) is 1. The third-order valence-electron chi connectivity index (χ3n) is 4.41. The number of benzene rings is 2. The summed E-state index contributed by atoms with van der Waals surface area (Å²) in [6.45, 7) is 0. The quantitative estimate of drug-likeness (QED) is 0.809. The fourth-order valence-corrected chi connectivity index (χ4v) is 3.29. The Morgan fingerprint density at radius 1 is 1.05 bits per heavy atom. The largest absolute Gasteiger partial charge is 0.299 e. The van der Waals surface area contributed by atoms with Crippen LogP contribution in [0.5, 0.6) is 0 Å². The molecular formula is C19H19FO.